The Morgan fingerprint density at radius 2 is 1.88 bits per heavy atom. The summed E-state index contributed by atoms with van der Waals surface area (Å²) >= 11 is 0. The normalized spacial score (nSPS) is 20.1. The highest BCUT2D eigenvalue weighted by molar-refractivity contribution is 7.91. The van der Waals surface area contributed by atoms with Gasteiger partial charge in [-0.1, -0.05) is 6.07 Å². The van der Waals surface area contributed by atoms with Crippen molar-refractivity contribution >= 4 is 9.84 Å². The third kappa shape index (κ3) is 3.21. The van der Waals surface area contributed by atoms with Crippen molar-refractivity contribution in [1.29, 1.82) is 0 Å². The molecule has 1 fully saturated rings. The van der Waals surface area contributed by atoms with E-state index in [-0.39, 0.29) is 15.9 Å². The molecule has 0 amide bonds. The number of ether oxygens (including phenoxy) is 2. The van der Waals surface area contributed by atoms with Crippen LogP contribution in [0.3, 0.4) is 0 Å². The molecule has 2 aliphatic rings. The third-order valence-corrected chi connectivity index (χ3v) is 6.21. The molecule has 0 aliphatic carbocycles. The number of hydrogen-bond donors (Lipinski definition) is 0. The summed E-state index contributed by atoms with van der Waals surface area (Å²) in [4.78, 5) is 2.25. The van der Waals surface area contributed by atoms with Crippen LogP contribution in [0.1, 0.15) is 6.42 Å². The lowest BCUT2D eigenvalue weighted by atomic mass is 10.2. The monoisotopic (exact) mass is 363 g/mol. The maximum Gasteiger partial charge on any atom is 0.206 e. The number of sulfone groups is 1. The molecule has 1 atom stereocenters. The van der Waals surface area contributed by atoms with Gasteiger partial charge in [0.25, 0.3) is 0 Å². The lowest BCUT2D eigenvalue weighted by Crippen LogP contribution is -2.46. The van der Waals surface area contributed by atoms with E-state index in [1.54, 1.807) is 6.07 Å². The van der Waals surface area contributed by atoms with E-state index in [2.05, 4.69) is 4.90 Å². The Labute approximate surface area is 145 Å². The van der Waals surface area contributed by atoms with Crippen LogP contribution in [-0.4, -0.2) is 45.7 Å². The fourth-order valence-electron chi connectivity index (χ4n) is 2.98. The van der Waals surface area contributed by atoms with E-state index >= 15 is 0 Å². The van der Waals surface area contributed by atoms with Crippen molar-refractivity contribution < 1.29 is 22.3 Å². The van der Waals surface area contributed by atoms with Crippen molar-refractivity contribution in [3.8, 4) is 11.5 Å². The van der Waals surface area contributed by atoms with E-state index in [4.69, 9.17) is 9.47 Å². The van der Waals surface area contributed by atoms with E-state index in [9.17, 15) is 12.8 Å². The predicted octanol–water partition coefficient (Wildman–Crippen LogP) is 2.50. The topological polar surface area (TPSA) is 55.8 Å². The average molecular weight is 363 g/mol. The second-order valence-corrected chi connectivity index (χ2v) is 8.22. The molecule has 0 spiro atoms. The molecule has 2 aromatic carbocycles. The number of halogens is 1. The average Bonchev–Trinajstić information content (AvgIpc) is 2.57. The minimum atomic E-state index is -3.81. The Balaban J connectivity index is 1.61. The van der Waals surface area contributed by atoms with Crippen molar-refractivity contribution in [2.45, 2.75) is 22.3 Å². The van der Waals surface area contributed by atoms with Crippen molar-refractivity contribution in [2.24, 2.45) is 0 Å². The second kappa shape index (κ2) is 6.31. The smallest absolute Gasteiger partial charge is 0.206 e. The first-order chi connectivity index (χ1) is 12.0. The molecule has 5 nitrogen and oxygen atoms in total. The van der Waals surface area contributed by atoms with Crippen LogP contribution in [0.15, 0.2) is 52.3 Å². The van der Waals surface area contributed by atoms with Gasteiger partial charge in [-0.15, -0.1) is 0 Å². The maximum atomic E-state index is 13.4. The minimum absolute atomic E-state index is 0.0602. The molecule has 0 aromatic heterocycles. The highest BCUT2D eigenvalue weighted by Gasteiger charge is 2.27. The first-order valence-electron chi connectivity index (χ1n) is 8.19. The molecule has 0 radical (unpaired) electrons. The van der Waals surface area contributed by atoms with Crippen LogP contribution in [-0.2, 0) is 9.84 Å². The van der Waals surface area contributed by atoms with Gasteiger partial charge in [-0.2, -0.15) is 0 Å². The molecule has 1 unspecified atom stereocenters. The van der Waals surface area contributed by atoms with Gasteiger partial charge in [0.05, 0.1) is 9.79 Å². The molecule has 2 heterocycles. The minimum Gasteiger partial charge on any atom is -0.486 e. The number of hydrogen-bond acceptors (Lipinski definition) is 5. The summed E-state index contributed by atoms with van der Waals surface area (Å²) in [5.74, 6) is 0.348. The van der Waals surface area contributed by atoms with Crippen LogP contribution in [0.5, 0.6) is 11.5 Å². The van der Waals surface area contributed by atoms with E-state index in [1.165, 1.54) is 36.8 Å². The first-order valence-corrected chi connectivity index (χ1v) is 9.67. The van der Waals surface area contributed by atoms with E-state index in [0.29, 0.717) is 18.1 Å². The van der Waals surface area contributed by atoms with Crippen LogP contribution < -0.4 is 9.47 Å². The summed E-state index contributed by atoms with van der Waals surface area (Å²) in [6.07, 6.45) is 1.07. The van der Waals surface area contributed by atoms with Gasteiger partial charge in [0.2, 0.25) is 9.84 Å². The summed E-state index contributed by atoms with van der Waals surface area (Å²) in [5, 5.41) is 0. The zero-order valence-corrected chi connectivity index (χ0v) is 14.3. The SMILES string of the molecule is O=S(=O)(c1cccc(F)c1)c1ccc2c(c1)OC(CN1CCC1)CO2. The van der Waals surface area contributed by atoms with Crippen LogP contribution in [0.2, 0.25) is 0 Å². The van der Waals surface area contributed by atoms with Crippen molar-refractivity contribution in [3.05, 3.63) is 48.3 Å². The van der Waals surface area contributed by atoms with Crippen molar-refractivity contribution in [1.82, 2.24) is 4.90 Å². The van der Waals surface area contributed by atoms with Gasteiger partial charge in [0.1, 0.15) is 18.5 Å². The summed E-state index contributed by atoms with van der Waals surface area (Å²) in [7, 11) is -3.81. The highest BCUT2D eigenvalue weighted by Crippen LogP contribution is 2.35. The first kappa shape index (κ1) is 16.4. The van der Waals surface area contributed by atoms with Crippen LogP contribution >= 0.6 is 0 Å². The molecule has 7 heteroatoms. The molecule has 4 rings (SSSR count). The Bertz CT molecular complexity index is 896. The predicted molar refractivity (Wildman–Crippen MR) is 89.3 cm³/mol. The molecular weight excluding hydrogens is 345 g/mol. The van der Waals surface area contributed by atoms with Gasteiger partial charge in [-0.3, -0.25) is 4.90 Å². The Kier molecular flexibility index (Phi) is 4.13. The largest absolute Gasteiger partial charge is 0.486 e. The summed E-state index contributed by atoms with van der Waals surface area (Å²) in [5.41, 5.74) is 0. The molecule has 2 aliphatic heterocycles. The zero-order valence-electron chi connectivity index (χ0n) is 13.5. The molecule has 0 bridgehead atoms. The van der Waals surface area contributed by atoms with E-state index in [0.717, 1.165) is 25.7 Å². The number of nitrogens with zero attached hydrogens (tertiary/aromatic N) is 1. The Hall–Kier alpha value is -2.12. The summed E-state index contributed by atoms with van der Waals surface area (Å²) < 4.78 is 50.4. The van der Waals surface area contributed by atoms with Gasteiger partial charge < -0.3 is 9.47 Å². The van der Waals surface area contributed by atoms with E-state index < -0.39 is 15.7 Å². The number of likely N-dealkylation sites (tertiary alicyclic amines) is 1. The van der Waals surface area contributed by atoms with E-state index in [1.807, 2.05) is 0 Å². The standard InChI is InChI=1S/C18H18FNO4S/c19-13-3-1-4-15(9-13)25(21,22)16-5-6-17-18(10-16)24-14(12-23-17)11-20-7-2-8-20/h1,3-6,9-10,14H,2,7-8,11-12H2. The molecule has 25 heavy (non-hydrogen) atoms. The molecule has 0 N–H and O–H groups in total. The summed E-state index contributed by atoms with van der Waals surface area (Å²) in [6.45, 7) is 3.32. The van der Waals surface area contributed by atoms with Gasteiger partial charge in [-0.05, 0) is 49.8 Å². The zero-order chi connectivity index (χ0) is 17.4. The van der Waals surface area contributed by atoms with Crippen LogP contribution in [0.25, 0.3) is 0 Å². The molecule has 2 aromatic rings. The lowest BCUT2D eigenvalue weighted by Gasteiger charge is -2.35. The fraction of sp³-hybridized carbons (Fsp3) is 0.333. The Morgan fingerprint density at radius 1 is 1.08 bits per heavy atom. The second-order valence-electron chi connectivity index (χ2n) is 6.27. The van der Waals surface area contributed by atoms with Gasteiger partial charge >= 0.3 is 0 Å². The number of fused-ring (bicyclic) bond motifs is 1. The lowest BCUT2D eigenvalue weighted by molar-refractivity contribution is 0.0401. The quantitative estimate of drug-likeness (QED) is 0.835. The van der Waals surface area contributed by atoms with Crippen LogP contribution in [0.4, 0.5) is 4.39 Å². The molecule has 132 valence electrons. The highest BCUT2D eigenvalue weighted by atomic mass is 32.2. The number of benzene rings is 2. The van der Waals surface area contributed by atoms with Gasteiger partial charge in [0, 0.05) is 12.6 Å². The molecule has 0 saturated carbocycles. The fourth-order valence-corrected chi connectivity index (χ4v) is 4.28. The third-order valence-electron chi connectivity index (χ3n) is 4.46. The van der Waals surface area contributed by atoms with Gasteiger partial charge in [-0.25, -0.2) is 12.8 Å². The van der Waals surface area contributed by atoms with Crippen LogP contribution in [0, 0.1) is 5.82 Å². The molecular formula is C18H18FNO4S. The van der Waals surface area contributed by atoms with Crippen molar-refractivity contribution in [2.75, 3.05) is 26.2 Å². The van der Waals surface area contributed by atoms with Gasteiger partial charge in [0.15, 0.2) is 11.5 Å². The maximum absolute atomic E-state index is 13.4. The van der Waals surface area contributed by atoms with Crippen molar-refractivity contribution in [3.63, 3.8) is 0 Å². The number of rotatable bonds is 4. The molecule has 1 saturated heterocycles. The Morgan fingerprint density at radius 3 is 2.60 bits per heavy atom. The summed E-state index contributed by atoms with van der Waals surface area (Å²) in [6, 6.07) is 9.48.